The van der Waals surface area contributed by atoms with Crippen LogP contribution in [0, 0.1) is 18.8 Å². The van der Waals surface area contributed by atoms with Crippen LogP contribution < -0.4 is 15.0 Å². The van der Waals surface area contributed by atoms with Gasteiger partial charge in [-0.2, -0.15) is 0 Å². The Hall–Kier alpha value is -3.97. The number of rotatable bonds is 6. The molecule has 3 aromatic carbocycles. The average Bonchev–Trinajstić information content (AvgIpc) is 3.39. The van der Waals surface area contributed by atoms with E-state index in [1.54, 1.807) is 36.4 Å². The molecule has 184 valence electrons. The van der Waals surface area contributed by atoms with Crippen LogP contribution in [0.5, 0.6) is 5.75 Å². The molecular weight excluding hydrogens is 456 g/mol. The Morgan fingerprint density at radius 1 is 0.944 bits per heavy atom. The molecule has 0 bridgehead atoms. The zero-order valence-electron chi connectivity index (χ0n) is 20.4. The zero-order chi connectivity index (χ0) is 25.4. The standard InChI is InChI=1S/C29H28N2O5/c1-4-36-21-16-14-20(15-17-21)31-26(32)23-24(27(31)33)29(28(34)35-3,19-11-6-5-7-12-19)30-25(23)22-13-9-8-10-18(22)2/h5-17,23-25,30H,4H2,1-3H3. The molecule has 0 aromatic heterocycles. The lowest BCUT2D eigenvalue weighted by molar-refractivity contribution is -0.152. The van der Waals surface area contributed by atoms with E-state index in [-0.39, 0.29) is 5.91 Å². The van der Waals surface area contributed by atoms with Crippen LogP contribution in [-0.4, -0.2) is 31.5 Å². The van der Waals surface area contributed by atoms with E-state index in [1.165, 1.54) is 12.0 Å². The van der Waals surface area contributed by atoms with Crippen LogP contribution in [0.15, 0.2) is 78.9 Å². The lowest BCUT2D eigenvalue weighted by Crippen LogP contribution is -2.53. The predicted molar refractivity (Wildman–Crippen MR) is 134 cm³/mol. The van der Waals surface area contributed by atoms with Crippen molar-refractivity contribution in [3.8, 4) is 5.75 Å². The number of fused-ring (bicyclic) bond motifs is 1. The molecule has 2 aliphatic heterocycles. The van der Waals surface area contributed by atoms with Gasteiger partial charge in [0.2, 0.25) is 11.8 Å². The largest absolute Gasteiger partial charge is 0.494 e. The molecule has 2 amide bonds. The Bertz CT molecular complexity index is 1310. The van der Waals surface area contributed by atoms with Crippen LogP contribution in [0.2, 0.25) is 0 Å². The van der Waals surface area contributed by atoms with Crippen LogP contribution >= 0.6 is 0 Å². The molecule has 1 N–H and O–H groups in total. The van der Waals surface area contributed by atoms with Gasteiger partial charge in [-0.15, -0.1) is 0 Å². The summed E-state index contributed by atoms with van der Waals surface area (Å²) in [7, 11) is 1.30. The molecule has 7 nitrogen and oxygen atoms in total. The van der Waals surface area contributed by atoms with Gasteiger partial charge in [0.05, 0.1) is 31.2 Å². The topological polar surface area (TPSA) is 84.9 Å². The molecule has 0 saturated carbocycles. The summed E-state index contributed by atoms with van der Waals surface area (Å²) in [5, 5.41) is 3.43. The first kappa shape index (κ1) is 23.8. The minimum absolute atomic E-state index is 0.350. The van der Waals surface area contributed by atoms with Crippen LogP contribution in [0.3, 0.4) is 0 Å². The van der Waals surface area contributed by atoms with Gasteiger partial charge in [-0.1, -0.05) is 54.6 Å². The summed E-state index contributed by atoms with van der Waals surface area (Å²) in [6.45, 7) is 4.35. The summed E-state index contributed by atoms with van der Waals surface area (Å²) in [6, 6.07) is 23.0. The molecule has 0 spiro atoms. The SMILES string of the molecule is CCOc1ccc(N2C(=O)C3C(c4ccccc4C)NC(C(=O)OC)(c4ccccc4)C3C2=O)cc1. The van der Waals surface area contributed by atoms with E-state index in [1.807, 2.05) is 56.3 Å². The summed E-state index contributed by atoms with van der Waals surface area (Å²) in [5.74, 6) is -2.54. The minimum atomic E-state index is -1.53. The van der Waals surface area contributed by atoms with E-state index >= 15 is 0 Å². The Morgan fingerprint density at radius 2 is 1.61 bits per heavy atom. The monoisotopic (exact) mass is 484 g/mol. The Labute approximate surface area is 210 Å². The number of amides is 2. The number of ether oxygens (including phenoxy) is 2. The van der Waals surface area contributed by atoms with E-state index in [2.05, 4.69) is 5.32 Å². The van der Waals surface area contributed by atoms with Crippen molar-refractivity contribution in [1.29, 1.82) is 0 Å². The van der Waals surface area contributed by atoms with Crippen molar-refractivity contribution in [3.63, 3.8) is 0 Å². The summed E-state index contributed by atoms with van der Waals surface area (Å²) >= 11 is 0. The molecule has 4 unspecified atom stereocenters. The van der Waals surface area contributed by atoms with Crippen molar-refractivity contribution in [3.05, 3.63) is 95.6 Å². The van der Waals surface area contributed by atoms with Crippen LogP contribution in [-0.2, 0) is 24.7 Å². The predicted octanol–water partition coefficient (Wildman–Crippen LogP) is 3.91. The Kier molecular flexibility index (Phi) is 6.10. The summed E-state index contributed by atoms with van der Waals surface area (Å²) in [4.78, 5) is 42.9. The van der Waals surface area contributed by atoms with Gasteiger partial charge in [-0.25, -0.2) is 9.69 Å². The van der Waals surface area contributed by atoms with E-state index < -0.39 is 35.3 Å². The molecule has 2 heterocycles. The number of nitrogens with one attached hydrogen (secondary N) is 1. The number of methoxy groups -OCH3 is 1. The van der Waals surface area contributed by atoms with E-state index in [0.29, 0.717) is 23.6 Å². The molecule has 5 rings (SSSR count). The average molecular weight is 485 g/mol. The van der Waals surface area contributed by atoms with Gasteiger partial charge in [-0.05, 0) is 54.8 Å². The summed E-state index contributed by atoms with van der Waals surface area (Å²) < 4.78 is 10.8. The Balaban J connectivity index is 1.69. The molecule has 2 aliphatic rings. The summed E-state index contributed by atoms with van der Waals surface area (Å²) in [6.07, 6.45) is 0. The third-order valence-corrected chi connectivity index (χ3v) is 7.23. The number of hydrogen-bond acceptors (Lipinski definition) is 6. The first-order valence-corrected chi connectivity index (χ1v) is 12.0. The molecule has 0 radical (unpaired) electrons. The Morgan fingerprint density at radius 3 is 2.25 bits per heavy atom. The second-order valence-electron chi connectivity index (χ2n) is 9.09. The number of imide groups is 1. The molecule has 2 fully saturated rings. The molecule has 2 saturated heterocycles. The van der Waals surface area contributed by atoms with Crippen LogP contribution in [0.4, 0.5) is 5.69 Å². The fourth-order valence-electron chi connectivity index (χ4n) is 5.66. The number of carbonyl (C=O) groups excluding carboxylic acids is 3. The molecule has 3 aromatic rings. The fourth-order valence-corrected chi connectivity index (χ4v) is 5.66. The summed E-state index contributed by atoms with van der Waals surface area (Å²) in [5.41, 5.74) is 1.32. The van der Waals surface area contributed by atoms with Gasteiger partial charge >= 0.3 is 5.97 Å². The second-order valence-corrected chi connectivity index (χ2v) is 9.09. The van der Waals surface area contributed by atoms with Gasteiger partial charge < -0.3 is 9.47 Å². The zero-order valence-corrected chi connectivity index (χ0v) is 20.4. The quantitative estimate of drug-likeness (QED) is 0.422. The number of esters is 1. The normalized spacial score (nSPS) is 25.1. The number of aryl methyl sites for hydroxylation is 1. The van der Waals surface area contributed by atoms with Gasteiger partial charge in [0.15, 0.2) is 5.54 Å². The third kappa shape index (κ3) is 3.50. The van der Waals surface area contributed by atoms with Crippen molar-refractivity contribution in [2.24, 2.45) is 11.8 Å². The molecule has 36 heavy (non-hydrogen) atoms. The van der Waals surface area contributed by atoms with E-state index in [4.69, 9.17) is 9.47 Å². The van der Waals surface area contributed by atoms with E-state index in [9.17, 15) is 14.4 Å². The van der Waals surface area contributed by atoms with Crippen molar-refractivity contribution >= 4 is 23.5 Å². The minimum Gasteiger partial charge on any atom is -0.494 e. The maximum Gasteiger partial charge on any atom is 0.331 e. The van der Waals surface area contributed by atoms with Crippen molar-refractivity contribution in [1.82, 2.24) is 5.32 Å². The lowest BCUT2D eigenvalue weighted by atomic mass is 9.75. The maximum absolute atomic E-state index is 14.1. The highest BCUT2D eigenvalue weighted by Gasteiger charge is 2.69. The third-order valence-electron chi connectivity index (χ3n) is 7.23. The smallest absolute Gasteiger partial charge is 0.331 e. The van der Waals surface area contributed by atoms with Crippen molar-refractivity contribution in [2.45, 2.75) is 25.4 Å². The number of carbonyl (C=O) groups is 3. The van der Waals surface area contributed by atoms with Gasteiger partial charge in [0, 0.05) is 6.04 Å². The molecular formula is C29H28N2O5. The highest BCUT2D eigenvalue weighted by molar-refractivity contribution is 6.24. The van der Waals surface area contributed by atoms with Gasteiger partial charge in [0.25, 0.3) is 0 Å². The molecule has 4 atom stereocenters. The number of hydrogen-bond donors (Lipinski definition) is 1. The second kappa shape index (κ2) is 9.24. The first-order chi connectivity index (χ1) is 17.4. The molecule has 7 heteroatoms. The van der Waals surface area contributed by atoms with Gasteiger partial charge in [0.1, 0.15) is 5.75 Å². The number of benzene rings is 3. The fraction of sp³-hybridized carbons (Fsp3) is 0.276. The van der Waals surface area contributed by atoms with Crippen molar-refractivity contribution in [2.75, 3.05) is 18.6 Å². The van der Waals surface area contributed by atoms with E-state index in [0.717, 1.165) is 11.1 Å². The van der Waals surface area contributed by atoms with Gasteiger partial charge in [-0.3, -0.25) is 14.9 Å². The highest BCUT2D eigenvalue weighted by atomic mass is 16.5. The van der Waals surface area contributed by atoms with Crippen LogP contribution in [0.1, 0.15) is 29.7 Å². The highest BCUT2D eigenvalue weighted by Crippen LogP contribution is 2.54. The number of anilines is 1. The first-order valence-electron chi connectivity index (χ1n) is 12.0. The maximum atomic E-state index is 14.1. The van der Waals surface area contributed by atoms with Crippen LogP contribution in [0.25, 0.3) is 0 Å². The molecule has 0 aliphatic carbocycles. The lowest BCUT2D eigenvalue weighted by Gasteiger charge is -2.33. The number of nitrogens with zero attached hydrogens (tertiary/aromatic N) is 1. The van der Waals surface area contributed by atoms with Crippen molar-refractivity contribution < 1.29 is 23.9 Å².